The molecular formula is C28H39N3O6S. The van der Waals surface area contributed by atoms with Gasteiger partial charge in [0.1, 0.15) is 0 Å². The van der Waals surface area contributed by atoms with E-state index in [1.165, 1.54) is 5.56 Å². The number of thiocarbonyl (C=S) groups is 1. The Kier molecular flexibility index (Phi) is 9.76. The van der Waals surface area contributed by atoms with E-state index in [4.69, 9.17) is 40.6 Å². The summed E-state index contributed by atoms with van der Waals surface area (Å²) in [6, 6.07) is 7.91. The van der Waals surface area contributed by atoms with Gasteiger partial charge in [-0.15, -0.1) is 0 Å². The van der Waals surface area contributed by atoms with Crippen LogP contribution in [0.3, 0.4) is 0 Å². The minimum absolute atomic E-state index is 0.188. The third-order valence-corrected chi connectivity index (χ3v) is 7.55. The average Bonchev–Trinajstić information content (AvgIpc) is 2.97. The first-order valence-corrected chi connectivity index (χ1v) is 13.3. The maximum Gasteiger partial charge on any atom is 0.203 e. The first-order chi connectivity index (χ1) is 18.5. The molecule has 38 heavy (non-hydrogen) atoms. The van der Waals surface area contributed by atoms with E-state index in [0.717, 1.165) is 69.9 Å². The van der Waals surface area contributed by atoms with Crippen LogP contribution in [0.25, 0.3) is 0 Å². The molecule has 1 unspecified atom stereocenters. The van der Waals surface area contributed by atoms with Crippen molar-refractivity contribution in [2.24, 2.45) is 0 Å². The number of ether oxygens (including phenoxy) is 6. The van der Waals surface area contributed by atoms with Crippen LogP contribution in [0.5, 0.6) is 28.7 Å². The van der Waals surface area contributed by atoms with Gasteiger partial charge in [0, 0.05) is 26.2 Å². The summed E-state index contributed by atoms with van der Waals surface area (Å²) in [5.41, 5.74) is 3.26. The first kappa shape index (κ1) is 28.1. The molecule has 1 N–H and O–H groups in total. The van der Waals surface area contributed by atoms with E-state index < -0.39 is 0 Å². The molecule has 1 atom stereocenters. The topological polar surface area (TPSA) is 73.9 Å². The van der Waals surface area contributed by atoms with Crippen LogP contribution in [-0.4, -0.2) is 96.4 Å². The fourth-order valence-electron chi connectivity index (χ4n) is 5.21. The molecule has 0 saturated carbocycles. The highest BCUT2D eigenvalue weighted by Crippen LogP contribution is 2.45. The molecular weight excluding hydrogens is 506 g/mol. The van der Waals surface area contributed by atoms with Crippen LogP contribution in [0.15, 0.2) is 24.3 Å². The Morgan fingerprint density at radius 3 is 2.11 bits per heavy atom. The molecule has 2 aliphatic heterocycles. The van der Waals surface area contributed by atoms with Crippen molar-refractivity contribution in [1.29, 1.82) is 0 Å². The zero-order chi connectivity index (χ0) is 27.1. The summed E-state index contributed by atoms with van der Waals surface area (Å²) in [5, 5.41) is 4.22. The summed E-state index contributed by atoms with van der Waals surface area (Å²) < 4.78 is 33.7. The van der Waals surface area contributed by atoms with E-state index >= 15 is 0 Å². The molecule has 0 aliphatic carbocycles. The van der Waals surface area contributed by atoms with Gasteiger partial charge in [-0.3, -0.25) is 4.90 Å². The number of hydrogen-bond acceptors (Lipinski definition) is 8. The monoisotopic (exact) mass is 545 g/mol. The normalized spacial score (nSPS) is 17.4. The quantitative estimate of drug-likeness (QED) is 0.355. The standard InChI is InChI=1S/C28H39N3O6S/c1-32-22-15-19-7-10-31(28(38)29-8-6-9-30-11-13-37-14-12-30)26(21(19)18-23(22)33-2)20-16-24(34-3)27(36-5)25(17-20)35-4/h15-18,26H,6-14H2,1-5H3,(H,29,38). The van der Waals surface area contributed by atoms with Crippen molar-refractivity contribution in [1.82, 2.24) is 15.1 Å². The van der Waals surface area contributed by atoms with Crippen molar-refractivity contribution in [3.05, 3.63) is 41.0 Å². The van der Waals surface area contributed by atoms with E-state index in [2.05, 4.69) is 27.2 Å². The van der Waals surface area contributed by atoms with E-state index in [-0.39, 0.29) is 6.04 Å². The van der Waals surface area contributed by atoms with Gasteiger partial charge < -0.3 is 38.6 Å². The number of fused-ring (bicyclic) bond motifs is 1. The molecule has 0 aromatic heterocycles. The van der Waals surface area contributed by atoms with Crippen molar-refractivity contribution in [2.75, 3.05) is 81.5 Å². The molecule has 0 spiro atoms. The molecule has 2 aromatic carbocycles. The highest BCUT2D eigenvalue weighted by molar-refractivity contribution is 7.80. The van der Waals surface area contributed by atoms with Crippen LogP contribution in [0, 0.1) is 0 Å². The molecule has 0 bridgehead atoms. The van der Waals surface area contributed by atoms with E-state index in [1.807, 2.05) is 12.1 Å². The van der Waals surface area contributed by atoms with Gasteiger partial charge in [0.05, 0.1) is 54.8 Å². The van der Waals surface area contributed by atoms with E-state index in [0.29, 0.717) is 33.9 Å². The Morgan fingerprint density at radius 2 is 1.50 bits per heavy atom. The maximum atomic E-state index is 5.97. The number of methoxy groups -OCH3 is 5. The average molecular weight is 546 g/mol. The zero-order valence-corrected chi connectivity index (χ0v) is 23.8. The van der Waals surface area contributed by atoms with Crippen LogP contribution < -0.4 is 29.0 Å². The predicted octanol–water partition coefficient (Wildman–Crippen LogP) is 3.27. The third kappa shape index (κ3) is 6.03. The van der Waals surface area contributed by atoms with Crippen LogP contribution >= 0.6 is 12.2 Å². The van der Waals surface area contributed by atoms with Crippen LogP contribution in [-0.2, 0) is 11.2 Å². The zero-order valence-electron chi connectivity index (χ0n) is 23.0. The Labute approximate surface area is 230 Å². The second kappa shape index (κ2) is 13.2. The van der Waals surface area contributed by atoms with Crippen molar-refractivity contribution >= 4 is 17.3 Å². The first-order valence-electron chi connectivity index (χ1n) is 12.9. The Hall–Kier alpha value is -2.95. The minimum Gasteiger partial charge on any atom is -0.493 e. The summed E-state index contributed by atoms with van der Waals surface area (Å²) in [6.45, 7) is 6.17. The van der Waals surface area contributed by atoms with Gasteiger partial charge in [0.25, 0.3) is 0 Å². The summed E-state index contributed by atoms with van der Waals surface area (Å²) in [6.07, 6.45) is 1.83. The fourth-order valence-corrected chi connectivity index (χ4v) is 5.51. The van der Waals surface area contributed by atoms with Crippen molar-refractivity contribution in [3.8, 4) is 28.7 Å². The van der Waals surface area contributed by atoms with Crippen molar-refractivity contribution in [2.45, 2.75) is 18.9 Å². The van der Waals surface area contributed by atoms with Gasteiger partial charge in [-0.05, 0) is 72.6 Å². The summed E-state index contributed by atoms with van der Waals surface area (Å²) in [4.78, 5) is 4.67. The van der Waals surface area contributed by atoms with Crippen LogP contribution in [0.2, 0.25) is 0 Å². The van der Waals surface area contributed by atoms with Crippen LogP contribution in [0.1, 0.15) is 29.2 Å². The highest BCUT2D eigenvalue weighted by Gasteiger charge is 2.33. The predicted molar refractivity (Wildman–Crippen MR) is 150 cm³/mol. The molecule has 208 valence electrons. The lowest BCUT2D eigenvalue weighted by atomic mass is 9.87. The molecule has 2 aliphatic rings. The Morgan fingerprint density at radius 1 is 0.868 bits per heavy atom. The number of nitrogens with zero attached hydrogens (tertiary/aromatic N) is 2. The van der Waals surface area contributed by atoms with Gasteiger partial charge in [-0.2, -0.15) is 0 Å². The lowest BCUT2D eigenvalue weighted by molar-refractivity contribution is 0.0375. The van der Waals surface area contributed by atoms with E-state index in [9.17, 15) is 0 Å². The van der Waals surface area contributed by atoms with E-state index in [1.54, 1.807) is 35.5 Å². The number of nitrogens with one attached hydrogen (secondary N) is 1. The summed E-state index contributed by atoms with van der Waals surface area (Å²) in [7, 11) is 8.17. The van der Waals surface area contributed by atoms with Crippen molar-refractivity contribution < 1.29 is 28.4 Å². The fraction of sp³-hybridized carbons (Fsp3) is 0.536. The molecule has 1 saturated heterocycles. The number of benzene rings is 2. The third-order valence-electron chi connectivity index (χ3n) is 7.17. The molecule has 9 nitrogen and oxygen atoms in total. The molecule has 2 aromatic rings. The van der Waals surface area contributed by atoms with Gasteiger partial charge in [0.2, 0.25) is 5.75 Å². The highest BCUT2D eigenvalue weighted by atomic mass is 32.1. The molecule has 0 amide bonds. The number of hydrogen-bond donors (Lipinski definition) is 1. The number of morpholine rings is 1. The maximum absolute atomic E-state index is 5.97. The Bertz CT molecular complexity index is 1080. The Balaban J connectivity index is 1.65. The molecule has 1 fully saturated rings. The lowest BCUT2D eigenvalue weighted by Gasteiger charge is -2.40. The molecule has 2 heterocycles. The SMILES string of the molecule is COc1cc2c(cc1OC)C(c1cc(OC)c(OC)c(OC)c1)N(C(=S)NCCCN1CCOCC1)CC2. The van der Waals surface area contributed by atoms with Crippen molar-refractivity contribution in [3.63, 3.8) is 0 Å². The van der Waals surface area contributed by atoms with Gasteiger partial charge in [-0.1, -0.05) is 0 Å². The van der Waals surface area contributed by atoms with Gasteiger partial charge in [0.15, 0.2) is 28.1 Å². The second-order valence-electron chi connectivity index (χ2n) is 9.25. The molecule has 10 heteroatoms. The van der Waals surface area contributed by atoms with Crippen LogP contribution in [0.4, 0.5) is 0 Å². The molecule has 0 radical (unpaired) electrons. The summed E-state index contributed by atoms with van der Waals surface area (Å²) in [5.74, 6) is 3.14. The largest absolute Gasteiger partial charge is 0.493 e. The molecule has 4 rings (SSSR count). The van der Waals surface area contributed by atoms with Gasteiger partial charge >= 0.3 is 0 Å². The lowest BCUT2D eigenvalue weighted by Crippen LogP contribution is -2.46. The minimum atomic E-state index is -0.188. The number of rotatable bonds is 10. The summed E-state index contributed by atoms with van der Waals surface area (Å²) >= 11 is 5.97. The second-order valence-corrected chi connectivity index (χ2v) is 9.64. The van der Waals surface area contributed by atoms with Gasteiger partial charge in [-0.25, -0.2) is 0 Å². The smallest absolute Gasteiger partial charge is 0.203 e.